The summed E-state index contributed by atoms with van der Waals surface area (Å²) < 4.78 is 0. The zero-order chi connectivity index (χ0) is 9.80. The van der Waals surface area contributed by atoms with Crippen molar-refractivity contribution in [2.24, 2.45) is 0 Å². The van der Waals surface area contributed by atoms with E-state index in [0.29, 0.717) is 6.04 Å². The molecule has 0 spiro atoms. The molecular formula is C12H17NO. The molecular weight excluding hydrogens is 174 g/mol. The van der Waals surface area contributed by atoms with E-state index in [2.05, 4.69) is 5.32 Å². The fourth-order valence-electron chi connectivity index (χ4n) is 2.04. The third-order valence-electron chi connectivity index (χ3n) is 2.85. The Kier molecular flexibility index (Phi) is 3.17. The number of hydrogen-bond donors (Lipinski definition) is 2. The average molecular weight is 191 g/mol. The molecule has 0 saturated carbocycles. The van der Waals surface area contributed by atoms with Crippen LogP contribution in [0.3, 0.4) is 0 Å². The summed E-state index contributed by atoms with van der Waals surface area (Å²) in [6.45, 7) is 1.10. The van der Waals surface area contributed by atoms with Crippen LogP contribution in [-0.4, -0.2) is 17.7 Å². The molecule has 1 aromatic carbocycles. The molecule has 2 N–H and O–H groups in total. The first-order chi connectivity index (χ1) is 6.86. The van der Waals surface area contributed by atoms with Gasteiger partial charge in [-0.2, -0.15) is 0 Å². The van der Waals surface area contributed by atoms with Gasteiger partial charge in [0.15, 0.2) is 0 Å². The van der Waals surface area contributed by atoms with Gasteiger partial charge in [0.1, 0.15) is 0 Å². The Hall–Kier alpha value is -0.860. The van der Waals surface area contributed by atoms with Crippen LogP contribution in [0, 0.1) is 0 Å². The summed E-state index contributed by atoms with van der Waals surface area (Å²) in [5.41, 5.74) is 1.03. The highest BCUT2D eigenvalue weighted by atomic mass is 16.3. The van der Waals surface area contributed by atoms with Crippen LogP contribution in [0.1, 0.15) is 30.9 Å². The Morgan fingerprint density at radius 1 is 1.36 bits per heavy atom. The topological polar surface area (TPSA) is 32.3 Å². The summed E-state index contributed by atoms with van der Waals surface area (Å²) in [6.07, 6.45) is 2.96. The van der Waals surface area contributed by atoms with Gasteiger partial charge in [0.25, 0.3) is 0 Å². The van der Waals surface area contributed by atoms with Crippen molar-refractivity contribution < 1.29 is 5.11 Å². The zero-order valence-electron chi connectivity index (χ0n) is 8.32. The van der Waals surface area contributed by atoms with Gasteiger partial charge in [-0.25, -0.2) is 0 Å². The minimum atomic E-state index is -0.313. The highest BCUT2D eigenvalue weighted by Gasteiger charge is 2.18. The molecule has 14 heavy (non-hydrogen) atoms. The molecule has 0 unspecified atom stereocenters. The summed E-state index contributed by atoms with van der Waals surface area (Å²) in [7, 11) is 0. The first kappa shape index (κ1) is 9.69. The number of aliphatic hydroxyl groups excluding tert-OH is 1. The van der Waals surface area contributed by atoms with E-state index in [9.17, 15) is 5.11 Å². The molecule has 1 aliphatic rings. The van der Waals surface area contributed by atoms with E-state index in [1.165, 1.54) is 12.8 Å². The molecule has 0 radical (unpaired) electrons. The monoisotopic (exact) mass is 191 g/mol. The number of rotatable bonds is 3. The van der Waals surface area contributed by atoms with Crippen molar-refractivity contribution in [2.75, 3.05) is 6.54 Å². The third-order valence-corrected chi connectivity index (χ3v) is 2.85. The fraction of sp³-hybridized carbons (Fsp3) is 0.500. The maximum Gasteiger partial charge on any atom is 0.0804 e. The van der Waals surface area contributed by atoms with Gasteiger partial charge in [0, 0.05) is 6.04 Å². The maximum absolute atomic E-state index is 9.94. The third kappa shape index (κ3) is 2.34. The Morgan fingerprint density at radius 3 is 2.79 bits per heavy atom. The molecule has 1 saturated heterocycles. The predicted octanol–water partition coefficient (Wildman–Crippen LogP) is 1.86. The van der Waals surface area contributed by atoms with E-state index in [4.69, 9.17) is 0 Å². The summed E-state index contributed by atoms with van der Waals surface area (Å²) in [4.78, 5) is 0. The van der Waals surface area contributed by atoms with Crippen LogP contribution in [0.2, 0.25) is 0 Å². The van der Waals surface area contributed by atoms with Gasteiger partial charge >= 0.3 is 0 Å². The summed E-state index contributed by atoms with van der Waals surface area (Å²) in [5.74, 6) is 0. The van der Waals surface area contributed by atoms with Crippen molar-refractivity contribution in [2.45, 2.75) is 31.4 Å². The van der Waals surface area contributed by atoms with Crippen LogP contribution in [-0.2, 0) is 0 Å². The molecule has 1 heterocycles. The lowest BCUT2D eigenvalue weighted by Crippen LogP contribution is -2.23. The smallest absolute Gasteiger partial charge is 0.0804 e. The van der Waals surface area contributed by atoms with Gasteiger partial charge in [-0.05, 0) is 31.4 Å². The second-order valence-corrected chi connectivity index (χ2v) is 3.96. The molecule has 0 amide bonds. The lowest BCUT2D eigenvalue weighted by Gasteiger charge is -2.15. The average Bonchev–Trinajstić information content (AvgIpc) is 2.72. The van der Waals surface area contributed by atoms with Crippen LogP contribution in [0.15, 0.2) is 30.3 Å². The van der Waals surface area contributed by atoms with Crippen LogP contribution in [0.4, 0.5) is 0 Å². The van der Waals surface area contributed by atoms with E-state index in [1.807, 2.05) is 30.3 Å². The SMILES string of the molecule is O[C@@H](C[C@@H]1CCCN1)c1ccccc1. The van der Waals surface area contributed by atoms with Crippen molar-refractivity contribution in [3.8, 4) is 0 Å². The highest BCUT2D eigenvalue weighted by Crippen LogP contribution is 2.21. The second kappa shape index (κ2) is 4.58. The van der Waals surface area contributed by atoms with Crippen molar-refractivity contribution in [3.05, 3.63) is 35.9 Å². The zero-order valence-corrected chi connectivity index (χ0v) is 8.32. The van der Waals surface area contributed by atoms with Crippen molar-refractivity contribution in [1.29, 1.82) is 0 Å². The summed E-state index contributed by atoms with van der Waals surface area (Å²) >= 11 is 0. The van der Waals surface area contributed by atoms with E-state index in [0.717, 1.165) is 18.5 Å². The van der Waals surface area contributed by atoms with Gasteiger partial charge in [-0.1, -0.05) is 30.3 Å². The largest absolute Gasteiger partial charge is 0.388 e. The first-order valence-corrected chi connectivity index (χ1v) is 5.32. The maximum atomic E-state index is 9.94. The molecule has 76 valence electrons. The normalized spacial score (nSPS) is 23.6. The Labute approximate surface area is 85.0 Å². The van der Waals surface area contributed by atoms with E-state index in [1.54, 1.807) is 0 Å². The summed E-state index contributed by atoms with van der Waals surface area (Å²) in [5, 5.41) is 13.3. The lowest BCUT2D eigenvalue weighted by molar-refractivity contribution is 0.154. The molecule has 1 aliphatic heterocycles. The number of aliphatic hydroxyl groups is 1. The van der Waals surface area contributed by atoms with E-state index in [-0.39, 0.29) is 6.10 Å². The Balaban J connectivity index is 1.92. The van der Waals surface area contributed by atoms with Crippen molar-refractivity contribution in [3.63, 3.8) is 0 Å². The number of hydrogen-bond acceptors (Lipinski definition) is 2. The van der Waals surface area contributed by atoms with Gasteiger partial charge < -0.3 is 10.4 Å². The summed E-state index contributed by atoms with van der Waals surface area (Å²) in [6, 6.07) is 10.4. The molecule has 1 aromatic rings. The quantitative estimate of drug-likeness (QED) is 0.764. The van der Waals surface area contributed by atoms with Gasteiger partial charge in [-0.15, -0.1) is 0 Å². The molecule has 0 bridgehead atoms. The van der Waals surface area contributed by atoms with Crippen LogP contribution >= 0.6 is 0 Å². The van der Waals surface area contributed by atoms with Gasteiger partial charge in [0.05, 0.1) is 6.10 Å². The van der Waals surface area contributed by atoms with Gasteiger partial charge in [-0.3, -0.25) is 0 Å². The highest BCUT2D eigenvalue weighted by molar-refractivity contribution is 5.17. The minimum Gasteiger partial charge on any atom is -0.388 e. The lowest BCUT2D eigenvalue weighted by atomic mass is 10.0. The predicted molar refractivity (Wildman–Crippen MR) is 57.0 cm³/mol. The van der Waals surface area contributed by atoms with Gasteiger partial charge in [0.2, 0.25) is 0 Å². The molecule has 2 nitrogen and oxygen atoms in total. The minimum absolute atomic E-state index is 0.313. The van der Waals surface area contributed by atoms with Crippen molar-refractivity contribution >= 4 is 0 Å². The Bertz CT molecular complexity index is 267. The van der Waals surface area contributed by atoms with E-state index >= 15 is 0 Å². The molecule has 1 fully saturated rings. The fourth-order valence-corrected chi connectivity index (χ4v) is 2.04. The molecule has 2 rings (SSSR count). The molecule has 2 atom stereocenters. The van der Waals surface area contributed by atoms with Crippen LogP contribution < -0.4 is 5.32 Å². The number of benzene rings is 1. The standard InChI is InChI=1S/C12H17NO/c14-12(9-11-7-4-8-13-11)10-5-2-1-3-6-10/h1-3,5-6,11-14H,4,7-9H2/t11-,12-/m0/s1. The number of nitrogens with one attached hydrogen (secondary N) is 1. The Morgan fingerprint density at radius 2 is 2.14 bits per heavy atom. The van der Waals surface area contributed by atoms with Crippen molar-refractivity contribution in [1.82, 2.24) is 5.32 Å². The first-order valence-electron chi connectivity index (χ1n) is 5.32. The van der Waals surface area contributed by atoms with E-state index < -0.39 is 0 Å². The second-order valence-electron chi connectivity index (χ2n) is 3.96. The molecule has 0 aromatic heterocycles. The molecule has 0 aliphatic carbocycles. The molecule has 2 heteroatoms. The van der Waals surface area contributed by atoms with Crippen LogP contribution in [0.5, 0.6) is 0 Å². The van der Waals surface area contributed by atoms with Crippen LogP contribution in [0.25, 0.3) is 0 Å².